The Bertz CT molecular complexity index is 678. The molecular weight excluding hydrogens is 232 g/mol. The molecule has 0 radical (unpaired) electrons. The van der Waals surface area contributed by atoms with Gasteiger partial charge in [0.1, 0.15) is 6.33 Å². The molecule has 0 atom stereocenters. The SMILES string of the molecule is CC(C)Cc1ccc(-n2cnc3ccccc32)cc1. The highest BCUT2D eigenvalue weighted by Gasteiger charge is 2.04. The Hall–Kier alpha value is -2.09. The van der Waals surface area contributed by atoms with E-state index in [1.807, 2.05) is 24.5 Å². The summed E-state index contributed by atoms with van der Waals surface area (Å²) < 4.78 is 2.13. The molecule has 0 N–H and O–H groups in total. The third-order valence-corrected chi connectivity index (χ3v) is 3.31. The zero-order valence-corrected chi connectivity index (χ0v) is 11.4. The number of imidazole rings is 1. The van der Waals surface area contributed by atoms with Crippen LogP contribution in [0.3, 0.4) is 0 Å². The first-order chi connectivity index (χ1) is 9.24. The predicted molar refractivity (Wildman–Crippen MR) is 79.6 cm³/mol. The van der Waals surface area contributed by atoms with E-state index in [0.717, 1.165) is 17.5 Å². The lowest BCUT2D eigenvalue weighted by Gasteiger charge is -2.08. The van der Waals surface area contributed by atoms with Gasteiger partial charge in [-0.1, -0.05) is 38.1 Å². The van der Waals surface area contributed by atoms with Crippen LogP contribution in [0.4, 0.5) is 0 Å². The second-order valence-corrected chi connectivity index (χ2v) is 5.37. The second kappa shape index (κ2) is 4.88. The molecule has 0 aliphatic heterocycles. The lowest BCUT2D eigenvalue weighted by molar-refractivity contribution is 0.647. The zero-order chi connectivity index (χ0) is 13.2. The van der Waals surface area contributed by atoms with Gasteiger partial charge >= 0.3 is 0 Å². The van der Waals surface area contributed by atoms with Crippen molar-refractivity contribution < 1.29 is 0 Å². The number of hydrogen-bond acceptors (Lipinski definition) is 1. The Morgan fingerprint density at radius 3 is 2.47 bits per heavy atom. The van der Waals surface area contributed by atoms with Crippen molar-refractivity contribution >= 4 is 11.0 Å². The lowest BCUT2D eigenvalue weighted by Crippen LogP contribution is -1.96. The van der Waals surface area contributed by atoms with E-state index < -0.39 is 0 Å². The monoisotopic (exact) mass is 250 g/mol. The molecule has 2 nitrogen and oxygen atoms in total. The smallest absolute Gasteiger partial charge is 0.100 e. The Balaban J connectivity index is 1.98. The van der Waals surface area contributed by atoms with Crippen LogP contribution in [0.1, 0.15) is 19.4 Å². The first kappa shape index (κ1) is 12.0. The fourth-order valence-corrected chi connectivity index (χ4v) is 2.43. The molecule has 1 aromatic heterocycles. The van der Waals surface area contributed by atoms with E-state index in [1.165, 1.54) is 11.3 Å². The minimum Gasteiger partial charge on any atom is -0.299 e. The molecule has 2 aromatic carbocycles. The van der Waals surface area contributed by atoms with Crippen molar-refractivity contribution in [3.8, 4) is 5.69 Å². The molecule has 0 saturated carbocycles. The maximum absolute atomic E-state index is 4.43. The van der Waals surface area contributed by atoms with E-state index in [4.69, 9.17) is 0 Å². The van der Waals surface area contributed by atoms with Gasteiger partial charge in [-0.25, -0.2) is 4.98 Å². The molecule has 0 fully saturated rings. The maximum Gasteiger partial charge on any atom is 0.100 e. The molecular formula is C17H18N2. The van der Waals surface area contributed by atoms with Crippen molar-refractivity contribution in [1.29, 1.82) is 0 Å². The van der Waals surface area contributed by atoms with Crippen LogP contribution in [0.25, 0.3) is 16.7 Å². The molecule has 2 heteroatoms. The number of para-hydroxylation sites is 2. The fourth-order valence-electron chi connectivity index (χ4n) is 2.43. The molecule has 0 spiro atoms. The van der Waals surface area contributed by atoms with Crippen LogP contribution < -0.4 is 0 Å². The highest BCUT2D eigenvalue weighted by molar-refractivity contribution is 5.77. The minimum absolute atomic E-state index is 0.694. The van der Waals surface area contributed by atoms with Gasteiger partial charge in [-0.3, -0.25) is 4.57 Å². The van der Waals surface area contributed by atoms with E-state index in [1.54, 1.807) is 0 Å². The Kier molecular flexibility index (Phi) is 3.08. The van der Waals surface area contributed by atoms with E-state index in [0.29, 0.717) is 5.92 Å². The van der Waals surface area contributed by atoms with Crippen LogP contribution in [-0.2, 0) is 6.42 Å². The molecule has 3 rings (SSSR count). The second-order valence-electron chi connectivity index (χ2n) is 5.37. The molecule has 0 bridgehead atoms. The number of hydrogen-bond donors (Lipinski definition) is 0. The molecule has 19 heavy (non-hydrogen) atoms. The minimum atomic E-state index is 0.694. The van der Waals surface area contributed by atoms with Crippen molar-refractivity contribution in [2.75, 3.05) is 0 Å². The summed E-state index contributed by atoms with van der Waals surface area (Å²) in [5, 5.41) is 0. The average molecular weight is 250 g/mol. The van der Waals surface area contributed by atoms with Gasteiger partial charge in [-0.05, 0) is 42.2 Å². The quantitative estimate of drug-likeness (QED) is 0.680. The molecule has 1 heterocycles. The Labute approximate surface area is 113 Å². The highest BCUT2D eigenvalue weighted by atomic mass is 15.0. The van der Waals surface area contributed by atoms with Crippen molar-refractivity contribution in [2.45, 2.75) is 20.3 Å². The van der Waals surface area contributed by atoms with Gasteiger partial charge in [0, 0.05) is 5.69 Å². The summed E-state index contributed by atoms with van der Waals surface area (Å²) in [7, 11) is 0. The first-order valence-corrected chi connectivity index (χ1v) is 6.75. The summed E-state index contributed by atoms with van der Waals surface area (Å²) >= 11 is 0. The van der Waals surface area contributed by atoms with E-state index >= 15 is 0 Å². The van der Waals surface area contributed by atoms with Crippen LogP contribution in [0.5, 0.6) is 0 Å². The van der Waals surface area contributed by atoms with Crippen LogP contribution in [0.2, 0.25) is 0 Å². The zero-order valence-electron chi connectivity index (χ0n) is 11.4. The average Bonchev–Trinajstić information content (AvgIpc) is 2.83. The van der Waals surface area contributed by atoms with Crippen molar-refractivity contribution in [1.82, 2.24) is 9.55 Å². The van der Waals surface area contributed by atoms with E-state index in [2.05, 4.69) is 53.7 Å². The lowest BCUT2D eigenvalue weighted by atomic mass is 10.0. The molecule has 3 aromatic rings. The summed E-state index contributed by atoms with van der Waals surface area (Å²) in [4.78, 5) is 4.43. The summed E-state index contributed by atoms with van der Waals surface area (Å²) in [6.07, 6.45) is 3.02. The van der Waals surface area contributed by atoms with E-state index in [9.17, 15) is 0 Å². The Morgan fingerprint density at radius 1 is 1.00 bits per heavy atom. The highest BCUT2D eigenvalue weighted by Crippen LogP contribution is 2.19. The van der Waals surface area contributed by atoms with E-state index in [-0.39, 0.29) is 0 Å². The molecule has 96 valence electrons. The standard InChI is InChI=1S/C17H18N2/c1-13(2)11-14-7-9-15(10-8-14)19-12-18-16-5-3-4-6-17(16)19/h3-10,12-13H,11H2,1-2H3. The van der Waals surface area contributed by atoms with Gasteiger partial charge in [-0.2, -0.15) is 0 Å². The third-order valence-electron chi connectivity index (χ3n) is 3.31. The molecule has 0 saturated heterocycles. The Morgan fingerprint density at radius 2 is 1.74 bits per heavy atom. The molecule has 0 aliphatic carbocycles. The number of nitrogens with zero attached hydrogens (tertiary/aromatic N) is 2. The number of rotatable bonds is 3. The van der Waals surface area contributed by atoms with Gasteiger partial charge in [0.25, 0.3) is 0 Å². The predicted octanol–water partition coefficient (Wildman–Crippen LogP) is 4.22. The van der Waals surface area contributed by atoms with Crippen molar-refractivity contribution in [2.24, 2.45) is 5.92 Å². The van der Waals surface area contributed by atoms with Gasteiger partial charge in [0.2, 0.25) is 0 Å². The van der Waals surface area contributed by atoms with Gasteiger partial charge in [0.05, 0.1) is 11.0 Å². The van der Waals surface area contributed by atoms with Gasteiger partial charge in [0.15, 0.2) is 0 Å². The van der Waals surface area contributed by atoms with Gasteiger partial charge < -0.3 is 0 Å². The topological polar surface area (TPSA) is 17.8 Å². The van der Waals surface area contributed by atoms with Crippen LogP contribution in [0.15, 0.2) is 54.9 Å². The fraction of sp³-hybridized carbons (Fsp3) is 0.235. The van der Waals surface area contributed by atoms with Crippen molar-refractivity contribution in [3.05, 3.63) is 60.4 Å². The molecule has 0 amide bonds. The van der Waals surface area contributed by atoms with Crippen LogP contribution >= 0.6 is 0 Å². The largest absolute Gasteiger partial charge is 0.299 e. The normalized spacial score (nSPS) is 11.3. The maximum atomic E-state index is 4.43. The summed E-state index contributed by atoms with van der Waals surface area (Å²) in [5.74, 6) is 0.694. The van der Waals surface area contributed by atoms with Crippen LogP contribution in [-0.4, -0.2) is 9.55 Å². The third kappa shape index (κ3) is 2.39. The number of fused-ring (bicyclic) bond motifs is 1. The summed E-state index contributed by atoms with van der Waals surface area (Å²) in [5.41, 5.74) is 4.75. The van der Waals surface area contributed by atoms with Gasteiger partial charge in [-0.15, -0.1) is 0 Å². The summed E-state index contributed by atoms with van der Waals surface area (Å²) in [6, 6.07) is 17.0. The number of aromatic nitrogens is 2. The number of benzene rings is 2. The van der Waals surface area contributed by atoms with Crippen molar-refractivity contribution in [3.63, 3.8) is 0 Å². The molecule has 0 aliphatic rings. The first-order valence-electron chi connectivity index (χ1n) is 6.75. The summed E-state index contributed by atoms with van der Waals surface area (Å²) in [6.45, 7) is 4.49. The molecule has 0 unspecified atom stereocenters. The van der Waals surface area contributed by atoms with Crippen LogP contribution in [0, 0.1) is 5.92 Å².